The molecule has 17 heavy (non-hydrogen) atoms. The van der Waals surface area contributed by atoms with Gasteiger partial charge in [-0.2, -0.15) is 0 Å². The molecule has 0 aliphatic carbocycles. The molecule has 0 bridgehead atoms. The lowest BCUT2D eigenvalue weighted by molar-refractivity contribution is 0.160. The van der Waals surface area contributed by atoms with Crippen LogP contribution in [0.3, 0.4) is 0 Å². The highest BCUT2D eigenvalue weighted by Gasteiger charge is 2.23. The Morgan fingerprint density at radius 1 is 1.59 bits per heavy atom. The number of anilines is 2. The molecule has 0 atom stereocenters. The summed E-state index contributed by atoms with van der Waals surface area (Å²) in [6.07, 6.45) is 0.428. The smallest absolute Gasteiger partial charge is 0.414 e. The monoisotopic (exact) mass is 236 g/mol. The number of ether oxygens (including phenoxy) is 2. The number of carbonyl (C=O) groups is 1. The summed E-state index contributed by atoms with van der Waals surface area (Å²) in [5, 5.41) is 0. The first kappa shape index (κ1) is 11.6. The zero-order valence-electron chi connectivity index (χ0n) is 9.81. The molecule has 1 aromatic carbocycles. The van der Waals surface area contributed by atoms with Crippen molar-refractivity contribution in [2.75, 3.05) is 30.4 Å². The Bertz CT molecular complexity index is 420. The summed E-state index contributed by atoms with van der Waals surface area (Å²) in [5.41, 5.74) is 7.04. The molecule has 0 saturated heterocycles. The van der Waals surface area contributed by atoms with E-state index in [0.29, 0.717) is 31.2 Å². The molecule has 0 spiro atoms. The van der Waals surface area contributed by atoms with Gasteiger partial charge in [-0.1, -0.05) is 0 Å². The van der Waals surface area contributed by atoms with Crippen molar-refractivity contribution in [3.8, 4) is 5.75 Å². The quantitative estimate of drug-likeness (QED) is 0.757. The van der Waals surface area contributed by atoms with Crippen LogP contribution < -0.4 is 15.4 Å². The van der Waals surface area contributed by atoms with E-state index in [0.717, 1.165) is 12.1 Å². The lowest BCUT2D eigenvalue weighted by Gasteiger charge is -2.20. The van der Waals surface area contributed by atoms with E-state index in [-0.39, 0.29) is 6.09 Å². The van der Waals surface area contributed by atoms with Crippen LogP contribution in [0.5, 0.6) is 5.75 Å². The number of nitrogens with zero attached hydrogens (tertiary/aromatic N) is 1. The Kier molecular flexibility index (Phi) is 3.37. The van der Waals surface area contributed by atoms with Crippen molar-refractivity contribution in [3.63, 3.8) is 0 Å². The molecule has 0 radical (unpaired) electrons. The van der Waals surface area contributed by atoms with E-state index in [1.165, 1.54) is 0 Å². The van der Waals surface area contributed by atoms with E-state index in [2.05, 4.69) is 0 Å². The second-order valence-electron chi connectivity index (χ2n) is 3.78. The number of fused-ring (bicyclic) bond motifs is 1. The predicted octanol–water partition coefficient (Wildman–Crippen LogP) is 2.01. The van der Waals surface area contributed by atoms with Gasteiger partial charge in [0, 0.05) is 18.3 Å². The van der Waals surface area contributed by atoms with Crippen LogP contribution in [0.2, 0.25) is 0 Å². The number of benzene rings is 1. The molecular formula is C12H16N2O3. The van der Waals surface area contributed by atoms with E-state index in [4.69, 9.17) is 15.2 Å². The second-order valence-corrected chi connectivity index (χ2v) is 3.78. The molecule has 5 nitrogen and oxygen atoms in total. The van der Waals surface area contributed by atoms with Gasteiger partial charge in [-0.25, -0.2) is 4.79 Å². The van der Waals surface area contributed by atoms with E-state index in [1.807, 2.05) is 0 Å². The molecular weight excluding hydrogens is 220 g/mol. The summed E-state index contributed by atoms with van der Waals surface area (Å²) in [4.78, 5) is 13.4. The molecule has 2 N–H and O–H groups in total. The predicted molar refractivity (Wildman–Crippen MR) is 65.3 cm³/mol. The largest absolute Gasteiger partial charge is 0.491 e. The normalized spacial score (nSPS) is 14.5. The lowest BCUT2D eigenvalue weighted by atomic mass is 10.2. The maximum Gasteiger partial charge on any atom is 0.414 e. The van der Waals surface area contributed by atoms with Crippen molar-refractivity contribution in [1.82, 2.24) is 0 Å². The SMILES string of the molecule is CCOC(=O)N1CCCOc2cc(N)ccc21. The number of nitrogens with two attached hydrogens (primary N) is 1. The lowest BCUT2D eigenvalue weighted by Crippen LogP contribution is -2.32. The summed E-state index contributed by atoms with van der Waals surface area (Å²) in [5.74, 6) is 0.635. The highest BCUT2D eigenvalue weighted by Crippen LogP contribution is 2.33. The van der Waals surface area contributed by atoms with Crippen LogP contribution in [0.15, 0.2) is 18.2 Å². The van der Waals surface area contributed by atoms with Crippen molar-refractivity contribution >= 4 is 17.5 Å². The van der Waals surface area contributed by atoms with Gasteiger partial charge in [-0.05, 0) is 25.5 Å². The zero-order valence-corrected chi connectivity index (χ0v) is 9.81. The van der Waals surface area contributed by atoms with Gasteiger partial charge in [0.1, 0.15) is 5.75 Å². The first-order valence-electron chi connectivity index (χ1n) is 5.69. The van der Waals surface area contributed by atoms with Crippen LogP contribution in [0, 0.1) is 0 Å². The fourth-order valence-corrected chi connectivity index (χ4v) is 1.79. The standard InChI is InChI=1S/C12H16N2O3/c1-2-16-12(15)14-6-3-7-17-11-8-9(13)4-5-10(11)14/h4-5,8H,2-3,6-7,13H2,1H3. The van der Waals surface area contributed by atoms with Crippen molar-refractivity contribution in [1.29, 1.82) is 0 Å². The van der Waals surface area contributed by atoms with E-state index in [1.54, 1.807) is 30.0 Å². The van der Waals surface area contributed by atoms with Crippen LogP contribution in [-0.2, 0) is 4.74 Å². The molecule has 92 valence electrons. The fraction of sp³-hybridized carbons (Fsp3) is 0.417. The number of carbonyl (C=O) groups excluding carboxylic acids is 1. The molecule has 1 aliphatic heterocycles. The molecule has 0 saturated carbocycles. The highest BCUT2D eigenvalue weighted by molar-refractivity contribution is 5.90. The van der Waals surface area contributed by atoms with E-state index >= 15 is 0 Å². The Balaban J connectivity index is 2.33. The summed E-state index contributed by atoms with van der Waals surface area (Å²) >= 11 is 0. The van der Waals surface area contributed by atoms with Crippen LogP contribution in [-0.4, -0.2) is 25.9 Å². The first-order valence-corrected chi connectivity index (χ1v) is 5.69. The summed E-state index contributed by atoms with van der Waals surface area (Å²) < 4.78 is 10.6. The average Bonchev–Trinajstić information content (AvgIpc) is 2.51. The third-order valence-electron chi connectivity index (χ3n) is 2.55. The molecule has 2 rings (SSSR count). The van der Waals surface area contributed by atoms with Crippen LogP contribution in [0.25, 0.3) is 0 Å². The van der Waals surface area contributed by atoms with Gasteiger partial charge in [0.05, 0.1) is 18.9 Å². The minimum Gasteiger partial charge on any atom is -0.491 e. The zero-order chi connectivity index (χ0) is 12.3. The number of hydrogen-bond acceptors (Lipinski definition) is 4. The van der Waals surface area contributed by atoms with E-state index < -0.39 is 0 Å². The molecule has 1 amide bonds. The molecule has 5 heteroatoms. The first-order chi connectivity index (χ1) is 8.22. The fourth-order valence-electron chi connectivity index (χ4n) is 1.79. The molecule has 1 heterocycles. The van der Waals surface area contributed by atoms with Gasteiger partial charge in [-0.3, -0.25) is 4.90 Å². The second kappa shape index (κ2) is 4.95. The number of rotatable bonds is 1. The Morgan fingerprint density at radius 3 is 3.18 bits per heavy atom. The topological polar surface area (TPSA) is 64.8 Å². The Hall–Kier alpha value is -1.91. The van der Waals surface area contributed by atoms with Crippen LogP contribution in [0.4, 0.5) is 16.2 Å². The van der Waals surface area contributed by atoms with E-state index in [9.17, 15) is 4.79 Å². The average molecular weight is 236 g/mol. The third kappa shape index (κ3) is 2.43. The van der Waals surface area contributed by atoms with Crippen molar-refractivity contribution < 1.29 is 14.3 Å². The minimum atomic E-state index is -0.343. The van der Waals surface area contributed by atoms with Gasteiger partial charge < -0.3 is 15.2 Å². The van der Waals surface area contributed by atoms with Gasteiger partial charge in [0.15, 0.2) is 0 Å². The van der Waals surface area contributed by atoms with Crippen LogP contribution in [0.1, 0.15) is 13.3 Å². The number of nitrogen functional groups attached to an aromatic ring is 1. The number of hydrogen-bond donors (Lipinski definition) is 1. The van der Waals surface area contributed by atoms with Gasteiger partial charge >= 0.3 is 6.09 Å². The molecule has 0 aromatic heterocycles. The third-order valence-corrected chi connectivity index (χ3v) is 2.55. The molecule has 1 aromatic rings. The van der Waals surface area contributed by atoms with Crippen molar-refractivity contribution in [2.24, 2.45) is 0 Å². The Labute approximate surface area is 100 Å². The minimum absolute atomic E-state index is 0.343. The summed E-state index contributed by atoms with van der Waals surface area (Å²) in [7, 11) is 0. The van der Waals surface area contributed by atoms with Crippen molar-refractivity contribution in [3.05, 3.63) is 18.2 Å². The summed E-state index contributed by atoms with van der Waals surface area (Å²) in [6, 6.07) is 5.26. The highest BCUT2D eigenvalue weighted by atomic mass is 16.6. The van der Waals surface area contributed by atoms with Gasteiger partial charge in [0.2, 0.25) is 0 Å². The Morgan fingerprint density at radius 2 is 2.41 bits per heavy atom. The maximum absolute atomic E-state index is 11.8. The van der Waals surface area contributed by atoms with Crippen molar-refractivity contribution in [2.45, 2.75) is 13.3 Å². The maximum atomic E-state index is 11.8. The molecule has 1 aliphatic rings. The molecule has 0 unspecified atom stereocenters. The van der Waals surface area contributed by atoms with Crippen LogP contribution >= 0.6 is 0 Å². The van der Waals surface area contributed by atoms with Gasteiger partial charge in [-0.15, -0.1) is 0 Å². The molecule has 0 fully saturated rings. The summed E-state index contributed by atoms with van der Waals surface area (Å²) in [6.45, 7) is 3.32. The number of amides is 1. The van der Waals surface area contributed by atoms with Gasteiger partial charge in [0.25, 0.3) is 0 Å².